The van der Waals surface area contributed by atoms with Crippen LogP contribution in [0.1, 0.15) is 13.8 Å². The Morgan fingerprint density at radius 1 is 1.17 bits per heavy atom. The lowest BCUT2D eigenvalue weighted by Gasteiger charge is -1.86. The smallest absolute Gasteiger partial charge is 0.00775 e. The van der Waals surface area contributed by atoms with Crippen LogP contribution in [-0.2, 0) is 0 Å². The van der Waals surface area contributed by atoms with E-state index in [-0.39, 0.29) is 12.4 Å². The summed E-state index contributed by atoms with van der Waals surface area (Å²) in [5, 5.41) is 3.11. The van der Waals surface area contributed by atoms with Crippen LogP contribution in [-0.4, -0.2) is 13.1 Å². The van der Waals surface area contributed by atoms with Gasteiger partial charge in [0.1, 0.15) is 0 Å². The molecule has 6 heavy (non-hydrogen) atoms. The second-order valence-electron chi connectivity index (χ2n) is 0.957. The summed E-state index contributed by atoms with van der Waals surface area (Å²) >= 11 is 0. The van der Waals surface area contributed by atoms with Crippen molar-refractivity contribution in [1.82, 2.24) is 5.32 Å². The molecule has 0 amide bonds. The normalized spacial score (nSPS) is 7.00. The first-order valence-corrected chi connectivity index (χ1v) is 2.12. The van der Waals surface area contributed by atoms with Crippen LogP contribution in [0.5, 0.6) is 0 Å². The average Bonchev–Trinajstić information content (AvgIpc) is 1.41. The van der Waals surface area contributed by atoms with Gasteiger partial charge in [0.05, 0.1) is 0 Å². The third kappa shape index (κ3) is 8.87. The molecule has 0 fully saturated rings. The van der Waals surface area contributed by atoms with Crippen molar-refractivity contribution in [3.05, 3.63) is 0 Å². The Balaban J connectivity index is 0. The summed E-state index contributed by atoms with van der Waals surface area (Å²) in [7, 11) is 0. The molecule has 0 heterocycles. The van der Waals surface area contributed by atoms with E-state index >= 15 is 0 Å². The van der Waals surface area contributed by atoms with E-state index in [1.165, 1.54) is 0 Å². The van der Waals surface area contributed by atoms with Gasteiger partial charge in [-0.3, -0.25) is 0 Å². The quantitative estimate of drug-likeness (QED) is 0.524. The van der Waals surface area contributed by atoms with Crippen LogP contribution in [0.15, 0.2) is 0 Å². The highest BCUT2D eigenvalue weighted by atomic mass is 35.5. The van der Waals surface area contributed by atoms with E-state index in [1.807, 2.05) is 0 Å². The standard InChI is InChI=1S/C4H11N.ClH/c1-3-5-4-2;/h5H,3-4H2,1-2H3;1H/i5+1;. The van der Waals surface area contributed by atoms with E-state index in [0.717, 1.165) is 13.1 Å². The number of rotatable bonds is 2. The lowest BCUT2D eigenvalue weighted by molar-refractivity contribution is 0.762. The van der Waals surface area contributed by atoms with Gasteiger partial charge in [-0.05, 0) is 13.1 Å². The zero-order valence-corrected chi connectivity index (χ0v) is 5.14. The Morgan fingerprint density at radius 3 is 1.50 bits per heavy atom. The topological polar surface area (TPSA) is 12.0 Å². The zero-order chi connectivity index (χ0) is 4.12. The molecule has 0 aliphatic heterocycles. The summed E-state index contributed by atoms with van der Waals surface area (Å²) in [5.74, 6) is 0. The maximum Gasteiger partial charge on any atom is -0.00775 e. The van der Waals surface area contributed by atoms with Gasteiger partial charge in [0, 0.05) is 0 Å². The summed E-state index contributed by atoms with van der Waals surface area (Å²) < 4.78 is 0. The van der Waals surface area contributed by atoms with Gasteiger partial charge in [0.2, 0.25) is 0 Å². The molecule has 0 spiro atoms. The minimum absolute atomic E-state index is 0. The maximum absolute atomic E-state index is 3.11. The molecule has 2 heteroatoms. The Bertz CT molecular complexity index is 15.0. The molecular weight excluding hydrogens is 98.5 g/mol. The molecule has 0 rings (SSSR count). The van der Waals surface area contributed by atoms with Crippen molar-refractivity contribution >= 4 is 12.4 Å². The highest BCUT2D eigenvalue weighted by Crippen LogP contribution is 1.47. The second-order valence-corrected chi connectivity index (χ2v) is 0.957. The van der Waals surface area contributed by atoms with Crippen molar-refractivity contribution in [2.75, 3.05) is 13.1 Å². The highest BCUT2D eigenvalue weighted by Gasteiger charge is 1.62. The number of halogens is 1. The monoisotopic (exact) mass is 110 g/mol. The lowest BCUT2D eigenvalue weighted by Crippen LogP contribution is -2.09. The van der Waals surface area contributed by atoms with Crippen molar-refractivity contribution in [2.24, 2.45) is 0 Å². The minimum Gasteiger partial charge on any atom is -0.317 e. The summed E-state index contributed by atoms with van der Waals surface area (Å²) in [6, 6.07) is 0. The Hall–Kier alpha value is 0.250. The van der Waals surface area contributed by atoms with Crippen LogP contribution in [0, 0.1) is 0 Å². The van der Waals surface area contributed by atoms with Gasteiger partial charge in [0.15, 0.2) is 0 Å². The lowest BCUT2D eigenvalue weighted by atomic mass is 10.7. The summed E-state index contributed by atoms with van der Waals surface area (Å²) in [6.07, 6.45) is 0. The number of hydrogen-bond donors (Lipinski definition) is 1. The van der Waals surface area contributed by atoms with Gasteiger partial charge < -0.3 is 5.32 Å². The Morgan fingerprint density at radius 2 is 1.50 bits per heavy atom. The van der Waals surface area contributed by atoms with Crippen molar-refractivity contribution in [3.8, 4) is 0 Å². The molecule has 0 aromatic heterocycles. The largest absolute Gasteiger partial charge is 0.317 e. The molecule has 0 radical (unpaired) electrons. The van der Waals surface area contributed by atoms with E-state index in [2.05, 4.69) is 19.2 Å². The van der Waals surface area contributed by atoms with E-state index in [9.17, 15) is 0 Å². The molecule has 0 aromatic rings. The first kappa shape index (κ1) is 9.54. The molecule has 0 saturated carbocycles. The molecule has 40 valence electrons. The highest BCUT2D eigenvalue weighted by molar-refractivity contribution is 5.85. The van der Waals surface area contributed by atoms with Crippen LogP contribution in [0.4, 0.5) is 0 Å². The van der Waals surface area contributed by atoms with Crippen LogP contribution >= 0.6 is 12.4 Å². The molecule has 0 unspecified atom stereocenters. The van der Waals surface area contributed by atoms with Crippen molar-refractivity contribution < 1.29 is 0 Å². The van der Waals surface area contributed by atoms with Crippen molar-refractivity contribution in [1.29, 1.82) is 0 Å². The van der Waals surface area contributed by atoms with Gasteiger partial charge in [0.25, 0.3) is 0 Å². The third-order valence-corrected chi connectivity index (χ3v) is 0.500. The fraction of sp³-hybridized carbons (Fsp3) is 1.00. The molecule has 0 bridgehead atoms. The SMILES string of the molecule is CC[15NH]CC.Cl. The number of hydrogen-bond acceptors (Lipinski definition) is 1. The molecule has 1 N–H and O–H groups in total. The van der Waals surface area contributed by atoms with E-state index < -0.39 is 0 Å². The molecule has 0 aromatic carbocycles. The number of nitrogens with one attached hydrogen (secondary N) is 1. The predicted molar refractivity (Wildman–Crippen MR) is 31.5 cm³/mol. The molecule has 0 atom stereocenters. The van der Waals surface area contributed by atoms with E-state index in [0.29, 0.717) is 0 Å². The maximum atomic E-state index is 3.11. The van der Waals surface area contributed by atoms with Crippen molar-refractivity contribution in [2.45, 2.75) is 13.8 Å². The van der Waals surface area contributed by atoms with Gasteiger partial charge in [-0.25, -0.2) is 0 Å². The van der Waals surface area contributed by atoms with Gasteiger partial charge in [-0.1, -0.05) is 13.8 Å². The first-order valence-electron chi connectivity index (χ1n) is 2.12. The summed E-state index contributed by atoms with van der Waals surface area (Å²) in [4.78, 5) is 0. The molecule has 0 aliphatic rings. The second kappa shape index (κ2) is 8.98. The predicted octanol–water partition coefficient (Wildman–Crippen LogP) is 1.04. The molecule has 0 aliphatic carbocycles. The van der Waals surface area contributed by atoms with E-state index in [1.54, 1.807) is 0 Å². The first-order chi connectivity index (χ1) is 2.41. The average molecular weight is 111 g/mol. The summed E-state index contributed by atoms with van der Waals surface area (Å²) in [5.41, 5.74) is 0. The van der Waals surface area contributed by atoms with Gasteiger partial charge in [-0.15, -0.1) is 12.4 Å². The molecule has 0 saturated heterocycles. The molecular formula is C4H12ClN. The van der Waals surface area contributed by atoms with Crippen LogP contribution < -0.4 is 5.32 Å². The fourth-order valence-corrected chi connectivity index (χ4v) is 0.250. The van der Waals surface area contributed by atoms with Crippen LogP contribution in [0.2, 0.25) is 0 Å². The van der Waals surface area contributed by atoms with E-state index in [4.69, 9.17) is 0 Å². The fourth-order valence-electron chi connectivity index (χ4n) is 0.250. The Labute approximate surface area is 45.5 Å². The molecule has 1 nitrogen and oxygen atoms in total. The van der Waals surface area contributed by atoms with Crippen LogP contribution in [0.25, 0.3) is 0 Å². The summed E-state index contributed by atoms with van der Waals surface area (Å²) in [6.45, 7) is 6.39. The van der Waals surface area contributed by atoms with Gasteiger partial charge in [-0.2, -0.15) is 0 Å². The van der Waals surface area contributed by atoms with Crippen molar-refractivity contribution in [3.63, 3.8) is 0 Å². The van der Waals surface area contributed by atoms with Gasteiger partial charge >= 0.3 is 0 Å². The van der Waals surface area contributed by atoms with Crippen LogP contribution in [0.3, 0.4) is 0 Å². The minimum atomic E-state index is 0. The Kier molecular flexibility index (Phi) is 14.3. The zero-order valence-electron chi connectivity index (χ0n) is 4.32. The third-order valence-electron chi connectivity index (χ3n) is 0.500.